The van der Waals surface area contributed by atoms with Crippen molar-refractivity contribution < 1.29 is 9.59 Å². The minimum Gasteiger partial charge on any atom is -0.321 e. The van der Waals surface area contributed by atoms with Gasteiger partial charge in [0.1, 0.15) is 7.28 Å². The van der Waals surface area contributed by atoms with Crippen molar-refractivity contribution in [2.45, 2.75) is 54.2 Å². The number of hydrogen-bond acceptors (Lipinski definition) is 2. The number of carbonyl (C=O) groups is 2. The fourth-order valence-corrected chi connectivity index (χ4v) is 4.06. The van der Waals surface area contributed by atoms with Gasteiger partial charge in [-0.05, 0) is 86.2 Å². The normalized spacial score (nSPS) is 10.6. The van der Waals surface area contributed by atoms with Crippen molar-refractivity contribution in [2.75, 3.05) is 10.6 Å². The Hall–Kier alpha value is -3.34. The van der Waals surface area contributed by atoms with Crippen molar-refractivity contribution in [3.05, 3.63) is 93.0 Å². The molecule has 0 heterocycles. The van der Waals surface area contributed by atoms with Gasteiger partial charge in [0, 0.05) is 22.5 Å². The van der Waals surface area contributed by atoms with E-state index in [2.05, 4.69) is 24.4 Å². The molecule has 3 aromatic carbocycles. The summed E-state index contributed by atoms with van der Waals surface area (Å²) in [6, 6.07) is 15.5. The molecule has 0 atom stereocenters. The molecule has 0 aliphatic rings. The van der Waals surface area contributed by atoms with E-state index in [1.165, 1.54) is 11.1 Å². The summed E-state index contributed by atoms with van der Waals surface area (Å²) in [6.07, 6.45) is 1.95. The van der Waals surface area contributed by atoms with Crippen LogP contribution in [0.3, 0.4) is 0 Å². The SMILES string of the molecule is CBCc1ccc(C(=O)Nc2c(C)c(C)c(NC(=O)c3ccc(CC)cc3)c(C)c2C)cc1. The van der Waals surface area contributed by atoms with Crippen LogP contribution >= 0.6 is 0 Å². The van der Waals surface area contributed by atoms with Crippen LogP contribution in [0.25, 0.3) is 0 Å². The zero-order chi connectivity index (χ0) is 24.1. The van der Waals surface area contributed by atoms with Gasteiger partial charge < -0.3 is 10.6 Å². The lowest BCUT2D eigenvalue weighted by atomic mass is 9.75. The second kappa shape index (κ2) is 10.5. The Bertz CT molecular complexity index is 1140. The fraction of sp³-hybridized carbons (Fsp3) is 0.286. The topological polar surface area (TPSA) is 58.2 Å². The first-order valence-corrected chi connectivity index (χ1v) is 11.7. The molecular weight excluding hydrogens is 407 g/mol. The van der Waals surface area contributed by atoms with E-state index in [1.54, 1.807) is 0 Å². The number of aryl methyl sites for hydroxylation is 1. The van der Waals surface area contributed by atoms with Gasteiger partial charge in [-0.1, -0.05) is 49.9 Å². The van der Waals surface area contributed by atoms with Crippen molar-refractivity contribution in [1.29, 1.82) is 0 Å². The molecule has 0 aliphatic heterocycles. The summed E-state index contributed by atoms with van der Waals surface area (Å²) in [7, 11) is 1.08. The van der Waals surface area contributed by atoms with Gasteiger partial charge in [-0.2, -0.15) is 0 Å². The zero-order valence-corrected chi connectivity index (χ0v) is 20.6. The molecule has 3 rings (SSSR count). The van der Waals surface area contributed by atoms with Crippen molar-refractivity contribution in [3.8, 4) is 0 Å². The van der Waals surface area contributed by atoms with E-state index in [1.807, 2.05) is 76.2 Å². The Labute approximate surface area is 198 Å². The highest BCUT2D eigenvalue weighted by Gasteiger charge is 2.19. The second-order valence-corrected chi connectivity index (χ2v) is 8.66. The van der Waals surface area contributed by atoms with E-state index < -0.39 is 0 Å². The molecule has 2 N–H and O–H groups in total. The van der Waals surface area contributed by atoms with Gasteiger partial charge in [0.15, 0.2) is 0 Å². The minimum atomic E-state index is -0.133. The first-order chi connectivity index (χ1) is 15.8. The third-order valence-corrected chi connectivity index (χ3v) is 6.48. The number of amides is 2. The Morgan fingerprint density at radius 2 is 1.03 bits per heavy atom. The lowest BCUT2D eigenvalue weighted by molar-refractivity contribution is 0.101. The third kappa shape index (κ3) is 5.36. The van der Waals surface area contributed by atoms with Crippen LogP contribution in [0.1, 0.15) is 61.0 Å². The summed E-state index contributed by atoms with van der Waals surface area (Å²) < 4.78 is 0. The first-order valence-electron chi connectivity index (χ1n) is 11.7. The lowest BCUT2D eigenvalue weighted by Gasteiger charge is -2.21. The average molecular weight is 440 g/mol. The maximum absolute atomic E-state index is 12.9. The molecular formula is C28H33BN2O2. The number of rotatable bonds is 7. The third-order valence-electron chi connectivity index (χ3n) is 6.48. The Kier molecular flexibility index (Phi) is 7.75. The largest absolute Gasteiger partial charge is 0.321 e. The highest BCUT2D eigenvalue weighted by molar-refractivity contribution is 6.32. The molecule has 5 heteroatoms. The fourth-order valence-electron chi connectivity index (χ4n) is 4.06. The molecule has 2 amide bonds. The smallest absolute Gasteiger partial charge is 0.255 e. The molecule has 170 valence electrons. The molecule has 0 saturated heterocycles. The van der Waals surface area contributed by atoms with Gasteiger partial charge in [0.2, 0.25) is 0 Å². The average Bonchev–Trinajstić information content (AvgIpc) is 2.83. The standard InChI is InChI=1S/C28H33BN2O2/c1-7-21-8-12-23(13-9-21)27(32)30-25-17(2)19(4)26(20(5)18(25)3)31-28(33)24-14-10-22(11-15-24)16-29-6/h8-15,29H,7,16H2,1-6H3,(H,30,32)(H,31,33). The molecule has 0 aromatic heterocycles. The predicted molar refractivity (Wildman–Crippen MR) is 140 cm³/mol. The van der Waals surface area contributed by atoms with Gasteiger partial charge in [0.25, 0.3) is 11.8 Å². The lowest BCUT2D eigenvalue weighted by Crippen LogP contribution is -2.18. The van der Waals surface area contributed by atoms with E-state index in [4.69, 9.17) is 0 Å². The summed E-state index contributed by atoms with van der Waals surface area (Å²) in [5.74, 6) is -0.262. The summed E-state index contributed by atoms with van der Waals surface area (Å²) >= 11 is 0. The molecule has 3 aromatic rings. The molecule has 0 fully saturated rings. The molecule has 0 unspecified atom stereocenters. The van der Waals surface area contributed by atoms with Crippen LogP contribution in [0.2, 0.25) is 6.82 Å². The molecule has 4 nitrogen and oxygen atoms in total. The van der Waals surface area contributed by atoms with Crippen LogP contribution in [0.15, 0.2) is 48.5 Å². The van der Waals surface area contributed by atoms with Crippen molar-refractivity contribution in [1.82, 2.24) is 0 Å². The van der Waals surface area contributed by atoms with E-state index in [9.17, 15) is 9.59 Å². The van der Waals surface area contributed by atoms with E-state index in [0.29, 0.717) is 11.1 Å². The molecule has 0 spiro atoms. The highest BCUT2D eigenvalue weighted by atomic mass is 16.2. The van der Waals surface area contributed by atoms with Gasteiger partial charge in [-0.25, -0.2) is 0 Å². The van der Waals surface area contributed by atoms with Crippen molar-refractivity contribution in [3.63, 3.8) is 0 Å². The maximum atomic E-state index is 12.9. The Balaban J connectivity index is 1.85. The Morgan fingerprint density at radius 3 is 1.36 bits per heavy atom. The number of nitrogens with one attached hydrogen (secondary N) is 2. The van der Waals surface area contributed by atoms with Crippen LogP contribution in [-0.2, 0) is 12.7 Å². The van der Waals surface area contributed by atoms with E-state index >= 15 is 0 Å². The van der Waals surface area contributed by atoms with Gasteiger partial charge in [-0.3, -0.25) is 9.59 Å². The summed E-state index contributed by atoms with van der Waals surface area (Å²) in [4.78, 5) is 25.8. The van der Waals surface area contributed by atoms with Crippen LogP contribution in [-0.4, -0.2) is 19.1 Å². The number of carbonyl (C=O) groups excluding carboxylic acids is 2. The van der Waals surface area contributed by atoms with Crippen LogP contribution in [0.4, 0.5) is 11.4 Å². The van der Waals surface area contributed by atoms with Crippen LogP contribution in [0.5, 0.6) is 0 Å². The summed E-state index contributed by atoms with van der Waals surface area (Å²) in [5.41, 5.74) is 9.10. The number of hydrogen-bond donors (Lipinski definition) is 2. The molecule has 0 bridgehead atoms. The molecule has 33 heavy (non-hydrogen) atoms. The quantitative estimate of drug-likeness (QED) is 0.445. The predicted octanol–water partition coefficient (Wildman–Crippen LogP) is 5.97. The van der Waals surface area contributed by atoms with Crippen molar-refractivity contribution in [2.24, 2.45) is 0 Å². The number of anilines is 2. The summed E-state index contributed by atoms with van der Waals surface area (Å²) in [6.45, 7) is 12.2. The zero-order valence-electron chi connectivity index (χ0n) is 20.6. The second-order valence-electron chi connectivity index (χ2n) is 8.66. The van der Waals surface area contributed by atoms with Crippen LogP contribution in [0, 0.1) is 27.7 Å². The molecule has 0 saturated carbocycles. The minimum absolute atomic E-state index is 0.129. The highest BCUT2D eigenvalue weighted by Crippen LogP contribution is 2.34. The van der Waals surface area contributed by atoms with Gasteiger partial charge in [0.05, 0.1) is 0 Å². The Morgan fingerprint density at radius 1 is 0.667 bits per heavy atom. The van der Waals surface area contributed by atoms with Crippen LogP contribution < -0.4 is 10.6 Å². The monoisotopic (exact) mass is 440 g/mol. The molecule has 0 radical (unpaired) electrons. The van der Waals surface area contributed by atoms with Gasteiger partial charge >= 0.3 is 0 Å². The summed E-state index contributed by atoms with van der Waals surface area (Å²) in [5, 5.41) is 6.19. The van der Waals surface area contributed by atoms with E-state index in [-0.39, 0.29) is 11.8 Å². The van der Waals surface area contributed by atoms with Gasteiger partial charge in [-0.15, -0.1) is 0 Å². The van der Waals surface area contributed by atoms with E-state index in [0.717, 1.165) is 53.6 Å². The van der Waals surface area contributed by atoms with Crippen molar-refractivity contribution >= 4 is 30.5 Å². The number of benzene rings is 3. The molecule has 0 aliphatic carbocycles. The maximum Gasteiger partial charge on any atom is 0.255 e. The first kappa shape index (κ1) is 24.3.